The van der Waals surface area contributed by atoms with E-state index in [1.807, 2.05) is 20.8 Å². The van der Waals surface area contributed by atoms with Crippen molar-refractivity contribution < 1.29 is 18.0 Å². The van der Waals surface area contributed by atoms with Gasteiger partial charge in [0, 0.05) is 12.6 Å². The Labute approximate surface area is 240 Å². The highest BCUT2D eigenvalue weighted by Gasteiger charge is 2.34. The Morgan fingerprint density at radius 2 is 1.49 bits per heavy atom. The molecular weight excluding hydrogens is 557 g/mol. The molecule has 3 aromatic rings. The second kappa shape index (κ2) is 13.8. The molecule has 0 spiro atoms. The number of hydrogen-bond acceptors (Lipinski definition) is 4. The van der Waals surface area contributed by atoms with Gasteiger partial charge in [-0.15, -0.1) is 0 Å². The molecule has 2 amide bonds. The highest BCUT2D eigenvalue weighted by molar-refractivity contribution is 7.92. The number of amides is 2. The maximum Gasteiger partial charge on any atom is 0.264 e. The van der Waals surface area contributed by atoms with Crippen molar-refractivity contribution in [1.82, 2.24) is 10.2 Å². The van der Waals surface area contributed by atoms with E-state index in [9.17, 15) is 18.0 Å². The zero-order chi connectivity index (χ0) is 28.6. The Kier molecular flexibility index (Phi) is 10.8. The number of anilines is 1. The van der Waals surface area contributed by atoms with E-state index in [-0.39, 0.29) is 23.4 Å². The molecule has 0 aliphatic rings. The molecule has 3 aromatic carbocycles. The summed E-state index contributed by atoms with van der Waals surface area (Å²) in [6.45, 7) is 5.19. The van der Waals surface area contributed by atoms with E-state index in [0.29, 0.717) is 27.7 Å². The number of para-hydroxylation sites is 1. The molecule has 1 N–H and O–H groups in total. The average molecular weight is 591 g/mol. The fraction of sp³-hybridized carbons (Fsp3) is 0.310. The zero-order valence-electron chi connectivity index (χ0n) is 22.2. The Morgan fingerprint density at radius 3 is 2.05 bits per heavy atom. The summed E-state index contributed by atoms with van der Waals surface area (Å²) in [5.41, 5.74) is 0.992. The molecule has 0 bridgehead atoms. The number of hydrogen-bond donors (Lipinski definition) is 1. The maximum absolute atomic E-state index is 14.0. The summed E-state index contributed by atoms with van der Waals surface area (Å²) in [6.07, 6.45) is 1.05. The lowest BCUT2D eigenvalue weighted by Crippen LogP contribution is -2.53. The lowest BCUT2D eigenvalue weighted by atomic mass is 10.1. The summed E-state index contributed by atoms with van der Waals surface area (Å²) in [5, 5.41) is 3.63. The highest BCUT2D eigenvalue weighted by Crippen LogP contribution is 2.26. The molecule has 0 aromatic heterocycles. The molecular formula is C29H33Cl2N3O4S. The molecule has 0 aliphatic carbocycles. The van der Waals surface area contributed by atoms with E-state index in [2.05, 4.69) is 5.32 Å². The van der Waals surface area contributed by atoms with Gasteiger partial charge in [0.25, 0.3) is 10.0 Å². The van der Waals surface area contributed by atoms with Gasteiger partial charge in [-0.3, -0.25) is 13.9 Å². The van der Waals surface area contributed by atoms with E-state index < -0.39 is 28.5 Å². The van der Waals surface area contributed by atoms with Crippen molar-refractivity contribution >= 4 is 50.7 Å². The number of rotatable bonds is 12. The maximum atomic E-state index is 14.0. The fourth-order valence-electron chi connectivity index (χ4n) is 4.04. The van der Waals surface area contributed by atoms with Crippen molar-refractivity contribution in [2.45, 2.75) is 57.1 Å². The molecule has 7 nitrogen and oxygen atoms in total. The van der Waals surface area contributed by atoms with Crippen molar-refractivity contribution in [3.63, 3.8) is 0 Å². The quantitative estimate of drug-likeness (QED) is 0.284. The summed E-state index contributed by atoms with van der Waals surface area (Å²) in [4.78, 5) is 28.8. The molecule has 0 radical (unpaired) electrons. The largest absolute Gasteiger partial charge is 0.352 e. The number of carbonyl (C=O) groups excluding carboxylic acids is 2. The van der Waals surface area contributed by atoms with E-state index in [1.165, 1.54) is 17.0 Å². The molecule has 39 heavy (non-hydrogen) atoms. The van der Waals surface area contributed by atoms with Crippen molar-refractivity contribution in [3.05, 3.63) is 94.5 Å². The van der Waals surface area contributed by atoms with Gasteiger partial charge in [-0.25, -0.2) is 8.42 Å². The summed E-state index contributed by atoms with van der Waals surface area (Å²) in [7, 11) is -4.10. The second-order valence-corrected chi connectivity index (χ2v) is 11.8. The third-order valence-electron chi connectivity index (χ3n) is 6.38. The lowest BCUT2D eigenvalue weighted by Gasteiger charge is -2.33. The minimum absolute atomic E-state index is 0.0379. The second-order valence-electron chi connectivity index (χ2n) is 9.17. The third-order valence-corrected chi connectivity index (χ3v) is 8.91. The first-order valence-electron chi connectivity index (χ1n) is 12.7. The number of nitrogens with one attached hydrogen (secondary N) is 1. The van der Waals surface area contributed by atoms with Crippen LogP contribution in [-0.4, -0.2) is 43.8 Å². The van der Waals surface area contributed by atoms with Gasteiger partial charge in [0.05, 0.1) is 20.6 Å². The highest BCUT2D eigenvalue weighted by atomic mass is 35.5. The third kappa shape index (κ3) is 7.75. The number of sulfonamides is 1. The minimum Gasteiger partial charge on any atom is -0.352 e. The smallest absolute Gasteiger partial charge is 0.264 e. The SMILES string of the molecule is CC[C@H](C(=O)N[C@@H](C)CC)N(Cc1ccc(Cl)c(Cl)c1)C(=O)CN(c1ccccc1)S(=O)(=O)c1ccccc1. The van der Waals surface area contributed by atoms with Gasteiger partial charge in [-0.05, 0) is 61.7 Å². The first-order valence-corrected chi connectivity index (χ1v) is 14.9. The number of benzene rings is 3. The van der Waals surface area contributed by atoms with Crippen LogP contribution in [0.4, 0.5) is 5.69 Å². The molecule has 10 heteroatoms. The van der Waals surface area contributed by atoms with Crippen LogP contribution >= 0.6 is 23.2 Å². The predicted molar refractivity (Wildman–Crippen MR) is 156 cm³/mol. The van der Waals surface area contributed by atoms with Crippen molar-refractivity contribution in [3.8, 4) is 0 Å². The van der Waals surface area contributed by atoms with Crippen molar-refractivity contribution in [1.29, 1.82) is 0 Å². The summed E-state index contributed by atoms with van der Waals surface area (Å²) >= 11 is 12.3. The van der Waals surface area contributed by atoms with Crippen LogP contribution in [0.3, 0.4) is 0 Å². The molecule has 0 aliphatic heterocycles. The van der Waals surface area contributed by atoms with Gasteiger partial charge in [0.15, 0.2) is 0 Å². The minimum atomic E-state index is -4.10. The zero-order valence-corrected chi connectivity index (χ0v) is 24.5. The molecule has 2 atom stereocenters. The van der Waals surface area contributed by atoms with Gasteiger partial charge in [0.2, 0.25) is 11.8 Å². The van der Waals surface area contributed by atoms with Gasteiger partial charge in [-0.2, -0.15) is 0 Å². The number of nitrogens with zero attached hydrogens (tertiary/aromatic N) is 2. The van der Waals surface area contributed by atoms with Crippen LogP contribution in [0.2, 0.25) is 10.0 Å². The van der Waals surface area contributed by atoms with E-state index in [0.717, 1.165) is 10.7 Å². The van der Waals surface area contributed by atoms with Crippen LogP contribution in [0.5, 0.6) is 0 Å². The molecule has 0 unspecified atom stereocenters. The first kappa shape index (κ1) is 30.5. The number of carbonyl (C=O) groups is 2. The molecule has 0 saturated heterocycles. The molecule has 3 rings (SSSR count). The lowest BCUT2D eigenvalue weighted by molar-refractivity contribution is -0.140. The van der Waals surface area contributed by atoms with E-state index >= 15 is 0 Å². The van der Waals surface area contributed by atoms with E-state index in [1.54, 1.807) is 66.7 Å². The molecule has 0 heterocycles. The summed E-state index contributed by atoms with van der Waals surface area (Å²) in [6, 6.07) is 20.4. The monoisotopic (exact) mass is 589 g/mol. The topological polar surface area (TPSA) is 86.8 Å². The fourth-order valence-corrected chi connectivity index (χ4v) is 5.79. The normalized spacial score (nSPS) is 12.8. The predicted octanol–water partition coefficient (Wildman–Crippen LogP) is 5.91. The van der Waals surface area contributed by atoms with E-state index in [4.69, 9.17) is 23.2 Å². The van der Waals surface area contributed by atoms with Crippen LogP contribution in [0.1, 0.15) is 39.2 Å². The van der Waals surface area contributed by atoms with Crippen LogP contribution < -0.4 is 9.62 Å². The first-order chi connectivity index (χ1) is 18.6. The summed E-state index contributed by atoms with van der Waals surface area (Å²) in [5.74, 6) is -0.840. The number of halogens is 2. The van der Waals surface area contributed by atoms with Gasteiger partial charge in [0.1, 0.15) is 12.6 Å². The average Bonchev–Trinajstić information content (AvgIpc) is 2.94. The Morgan fingerprint density at radius 1 is 0.872 bits per heavy atom. The molecule has 208 valence electrons. The standard InChI is InChI=1S/C29H33Cl2N3O4S/c1-4-21(3)32-29(36)27(5-2)33(19-22-16-17-25(30)26(31)18-22)28(35)20-34(23-12-8-6-9-13-23)39(37,38)24-14-10-7-11-15-24/h6-18,21,27H,4-5,19-20H2,1-3H3,(H,32,36)/t21-,27+/m0/s1. The van der Waals surface area contributed by atoms with Gasteiger partial charge >= 0.3 is 0 Å². The van der Waals surface area contributed by atoms with Crippen molar-refractivity contribution in [2.75, 3.05) is 10.8 Å². The molecule has 0 saturated carbocycles. The Bertz CT molecular complexity index is 1370. The Hall–Kier alpha value is -3.07. The van der Waals surface area contributed by atoms with Crippen LogP contribution in [-0.2, 0) is 26.2 Å². The van der Waals surface area contributed by atoms with Gasteiger partial charge < -0.3 is 10.2 Å². The van der Waals surface area contributed by atoms with Crippen molar-refractivity contribution in [2.24, 2.45) is 0 Å². The van der Waals surface area contributed by atoms with Gasteiger partial charge in [-0.1, -0.05) is 79.5 Å². The van der Waals surface area contributed by atoms with Crippen LogP contribution in [0.25, 0.3) is 0 Å². The van der Waals surface area contributed by atoms with Crippen LogP contribution in [0, 0.1) is 0 Å². The molecule has 0 fully saturated rings. The Balaban J connectivity index is 2.04. The van der Waals surface area contributed by atoms with Crippen LogP contribution in [0.15, 0.2) is 83.8 Å². The summed E-state index contributed by atoms with van der Waals surface area (Å²) < 4.78 is 28.5.